The van der Waals surface area contributed by atoms with Crippen LogP contribution in [0, 0.1) is 10.1 Å². The smallest absolute Gasteiger partial charge is 0.329 e. The number of hydrogen-bond donors (Lipinski definition) is 1. The molecule has 0 aliphatic carbocycles. The predicted octanol–water partition coefficient (Wildman–Crippen LogP) is 0.0950. The van der Waals surface area contributed by atoms with Gasteiger partial charge in [0.15, 0.2) is 0 Å². The fourth-order valence-corrected chi connectivity index (χ4v) is 2.02. The molecule has 0 unspecified atom stereocenters. The van der Waals surface area contributed by atoms with Crippen molar-refractivity contribution in [3.63, 3.8) is 0 Å². The van der Waals surface area contributed by atoms with Crippen molar-refractivity contribution in [2.45, 2.75) is 6.42 Å². The van der Waals surface area contributed by atoms with E-state index in [9.17, 15) is 14.9 Å². The molecule has 1 amide bonds. The number of carbonyl (C=O) groups is 1. The van der Waals surface area contributed by atoms with Crippen LogP contribution in [0.3, 0.4) is 0 Å². The average molecular weight is 280 g/mol. The van der Waals surface area contributed by atoms with Crippen molar-refractivity contribution in [3.8, 4) is 0 Å². The van der Waals surface area contributed by atoms with Crippen LogP contribution < -0.4 is 10.2 Å². The molecule has 0 bridgehead atoms. The fraction of sp³-hybridized carbons (Fsp3) is 0.545. The molecule has 0 saturated carbocycles. The van der Waals surface area contributed by atoms with E-state index in [4.69, 9.17) is 0 Å². The Bertz CT molecular complexity index is 535. The summed E-state index contributed by atoms with van der Waals surface area (Å²) < 4.78 is 0. The Morgan fingerprint density at radius 2 is 2.20 bits per heavy atom. The summed E-state index contributed by atoms with van der Waals surface area (Å²) in [6.45, 7) is 1.25. The van der Waals surface area contributed by atoms with Crippen LogP contribution in [0.15, 0.2) is 6.20 Å². The Balaban J connectivity index is 2.38. The summed E-state index contributed by atoms with van der Waals surface area (Å²) in [5, 5.41) is 13.8. The highest BCUT2D eigenvalue weighted by Gasteiger charge is 2.27. The van der Waals surface area contributed by atoms with E-state index in [1.165, 1.54) is 0 Å². The van der Waals surface area contributed by atoms with Gasteiger partial charge in [-0.25, -0.2) is 4.98 Å². The van der Waals surface area contributed by atoms with Crippen molar-refractivity contribution in [2.24, 2.45) is 0 Å². The zero-order valence-electron chi connectivity index (χ0n) is 11.4. The second-order valence-electron chi connectivity index (χ2n) is 4.50. The molecule has 9 heteroatoms. The van der Waals surface area contributed by atoms with E-state index in [1.54, 1.807) is 23.9 Å². The Morgan fingerprint density at radius 3 is 2.85 bits per heavy atom. The van der Waals surface area contributed by atoms with E-state index >= 15 is 0 Å². The molecule has 20 heavy (non-hydrogen) atoms. The first-order valence-electron chi connectivity index (χ1n) is 6.21. The van der Waals surface area contributed by atoms with E-state index in [-0.39, 0.29) is 29.9 Å². The van der Waals surface area contributed by atoms with Gasteiger partial charge in [0.25, 0.3) is 0 Å². The van der Waals surface area contributed by atoms with E-state index in [2.05, 4.69) is 15.3 Å². The van der Waals surface area contributed by atoms with Crippen LogP contribution in [0.2, 0.25) is 0 Å². The van der Waals surface area contributed by atoms with E-state index in [0.29, 0.717) is 13.1 Å². The first-order chi connectivity index (χ1) is 9.52. The first kappa shape index (κ1) is 14.0. The molecule has 1 saturated heterocycles. The summed E-state index contributed by atoms with van der Waals surface area (Å²) in [4.78, 5) is 33.7. The quantitative estimate of drug-likeness (QED) is 0.618. The Kier molecular flexibility index (Phi) is 3.97. The number of nitrogens with one attached hydrogen (secondary N) is 1. The summed E-state index contributed by atoms with van der Waals surface area (Å²) >= 11 is 0. The molecule has 0 atom stereocenters. The lowest BCUT2D eigenvalue weighted by molar-refractivity contribution is -0.384. The number of aromatic nitrogens is 2. The summed E-state index contributed by atoms with van der Waals surface area (Å²) in [6.07, 6.45) is 1.89. The summed E-state index contributed by atoms with van der Waals surface area (Å²) in [7, 11) is 3.35. The molecule has 0 radical (unpaired) electrons. The third-order valence-corrected chi connectivity index (χ3v) is 3.14. The van der Waals surface area contributed by atoms with Gasteiger partial charge in [0, 0.05) is 27.2 Å². The van der Waals surface area contributed by atoms with Gasteiger partial charge in [-0.2, -0.15) is 4.98 Å². The summed E-state index contributed by atoms with van der Waals surface area (Å²) in [5.74, 6) is 0.384. The second-order valence-corrected chi connectivity index (χ2v) is 4.50. The second kappa shape index (κ2) is 5.68. The molecule has 1 aliphatic rings. The number of nitro groups is 1. The number of likely N-dealkylation sites (N-methyl/N-ethyl adjacent to an activating group) is 1. The largest absolute Gasteiger partial charge is 0.357 e. The predicted molar refractivity (Wildman–Crippen MR) is 72.7 cm³/mol. The maximum atomic E-state index is 11.9. The lowest BCUT2D eigenvalue weighted by Gasteiger charge is -2.20. The Hall–Kier alpha value is -2.45. The van der Waals surface area contributed by atoms with Crippen LogP contribution in [0.1, 0.15) is 6.42 Å². The molecule has 1 fully saturated rings. The molecule has 2 heterocycles. The topological polar surface area (TPSA) is 104 Å². The lowest BCUT2D eigenvalue weighted by Crippen LogP contribution is -2.35. The van der Waals surface area contributed by atoms with Gasteiger partial charge >= 0.3 is 5.69 Å². The molecular formula is C11H16N6O3. The van der Waals surface area contributed by atoms with Crippen LogP contribution in [0.4, 0.5) is 17.5 Å². The van der Waals surface area contributed by atoms with Gasteiger partial charge in [0.1, 0.15) is 6.20 Å². The maximum absolute atomic E-state index is 11.9. The lowest BCUT2D eigenvalue weighted by atomic mass is 10.3. The molecule has 1 aromatic rings. The molecule has 108 valence electrons. The Morgan fingerprint density at radius 1 is 1.45 bits per heavy atom. The molecular weight excluding hydrogens is 264 g/mol. The third-order valence-electron chi connectivity index (χ3n) is 3.14. The number of anilines is 2. The van der Waals surface area contributed by atoms with Crippen molar-refractivity contribution in [3.05, 3.63) is 16.3 Å². The van der Waals surface area contributed by atoms with Crippen molar-refractivity contribution in [2.75, 3.05) is 43.9 Å². The molecule has 9 nitrogen and oxygen atoms in total. The van der Waals surface area contributed by atoms with Crippen LogP contribution >= 0.6 is 0 Å². The molecule has 1 N–H and O–H groups in total. The number of carbonyl (C=O) groups excluding carboxylic acids is 1. The van der Waals surface area contributed by atoms with Crippen molar-refractivity contribution >= 4 is 23.4 Å². The number of amides is 1. The highest BCUT2D eigenvalue weighted by atomic mass is 16.6. The number of rotatable bonds is 3. The Labute approximate surface area is 115 Å². The van der Waals surface area contributed by atoms with Gasteiger partial charge in [-0.05, 0) is 6.42 Å². The van der Waals surface area contributed by atoms with E-state index < -0.39 is 4.92 Å². The van der Waals surface area contributed by atoms with Gasteiger partial charge in [-0.1, -0.05) is 0 Å². The minimum Gasteiger partial charge on any atom is -0.357 e. The van der Waals surface area contributed by atoms with Gasteiger partial charge in [-0.3, -0.25) is 14.9 Å². The minimum atomic E-state index is -0.534. The zero-order valence-corrected chi connectivity index (χ0v) is 11.4. The highest BCUT2D eigenvalue weighted by Crippen LogP contribution is 2.26. The van der Waals surface area contributed by atoms with Crippen LogP contribution in [-0.4, -0.2) is 59.4 Å². The van der Waals surface area contributed by atoms with Gasteiger partial charge in [0.05, 0.1) is 11.5 Å². The third kappa shape index (κ3) is 2.76. The fourth-order valence-electron chi connectivity index (χ4n) is 2.02. The zero-order chi connectivity index (χ0) is 14.7. The summed E-state index contributed by atoms with van der Waals surface area (Å²) in [6, 6.07) is 0. The minimum absolute atomic E-state index is 0.0809. The maximum Gasteiger partial charge on any atom is 0.329 e. The van der Waals surface area contributed by atoms with Crippen LogP contribution in [-0.2, 0) is 4.79 Å². The van der Waals surface area contributed by atoms with Crippen molar-refractivity contribution in [1.82, 2.24) is 14.9 Å². The van der Waals surface area contributed by atoms with Crippen LogP contribution in [0.25, 0.3) is 0 Å². The van der Waals surface area contributed by atoms with Crippen LogP contribution in [0.5, 0.6) is 0 Å². The van der Waals surface area contributed by atoms with Gasteiger partial charge < -0.3 is 15.1 Å². The van der Waals surface area contributed by atoms with Gasteiger partial charge in [0.2, 0.25) is 17.7 Å². The van der Waals surface area contributed by atoms with E-state index in [0.717, 1.165) is 12.6 Å². The molecule has 2 rings (SSSR count). The highest BCUT2D eigenvalue weighted by molar-refractivity contribution is 5.82. The normalized spacial score (nSPS) is 16.0. The summed E-state index contributed by atoms with van der Waals surface area (Å²) in [5.41, 5.74) is -0.193. The molecule has 0 aromatic carbocycles. The molecule has 0 spiro atoms. The van der Waals surface area contributed by atoms with Crippen molar-refractivity contribution in [1.29, 1.82) is 0 Å². The van der Waals surface area contributed by atoms with E-state index in [1.807, 2.05) is 0 Å². The molecule has 1 aliphatic heterocycles. The average Bonchev–Trinajstić information content (AvgIpc) is 2.60. The standard InChI is InChI=1S/C11H16N6O3/c1-12-11-13-6-8(17(19)20)10(14-11)16-5-3-4-15(2)9(18)7-16/h6H,3-5,7H2,1-2H3,(H,12,13,14). The molecule has 1 aromatic heterocycles. The first-order valence-corrected chi connectivity index (χ1v) is 6.21. The SMILES string of the molecule is CNc1ncc([N+](=O)[O-])c(N2CCCN(C)C(=O)C2)n1. The van der Waals surface area contributed by atoms with Crippen molar-refractivity contribution < 1.29 is 9.72 Å². The van der Waals surface area contributed by atoms with Gasteiger partial charge in [-0.15, -0.1) is 0 Å². The number of hydrogen-bond acceptors (Lipinski definition) is 7. The monoisotopic (exact) mass is 280 g/mol. The number of nitrogens with zero attached hydrogens (tertiary/aromatic N) is 5.